The molecule has 2 heterocycles. The monoisotopic (exact) mass is 416 g/mol. The number of rotatable bonds is 3. The molecule has 154 valence electrons. The van der Waals surface area contributed by atoms with Crippen molar-refractivity contribution in [3.63, 3.8) is 0 Å². The van der Waals surface area contributed by atoms with Crippen LogP contribution in [0.5, 0.6) is 0 Å². The summed E-state index contributed by atoms with van der Waals surface area (Å²) in [7, 11) is -3.19. The van der Waals surface area contributed by atoms with Crippen LogP contribution in [0.4, 0.5) is 0 Å². The molecule has 29 heavy (non-hydrogen) atoms. The Kier molecular flexibility index (Phi) is 4.76. The first-order valence-electron chi connectivity index (χ1n) is 9.58. The summed E-state index contributed by atoms with van der Waals surface area (Å²) in [6.07, 6.45) is 1.22. The largest absolute Gasteiger partial charge is 0.459 e. The molecule has 0 saturated carbocycles. The van der Waals surface area contributed by atoms with Gasteiger partial charge >= 0.3 is 0 Å². The van der Waals surface area contributed by atoms with E-state index in [0.29, 0.717) is 66.5 Å². The van der Waals surface area contributed by atoms with Crippen LogP contribution in [0.15, 0.2) is 16.5 Å². The topological polar surface area (TPSA) is 87.9 Å². The maximum atomic E-state index is 12.8. The quantitative estimate of drug-likeness (QED) is 0.714. The van der Waals surface area contributed by atoms with Crippen LogP contribution in [0.25, 0.3) is 11.3 Å². The summed E-state index contributed by atoms with van der Waals surface area (Å²) in [5, 5.41) is 0. The Labute approximate surface area is 170 Å². The van der Waals surface area contributed by atoms with E-state index < -0.39 is 21.6 Å². The highest BCUT2D eigenvalue weighted by Gasteiger charge is 2.37. The van der Waals surface area contributed by atoms with Crippen LogP contribution in [-0.2, 0) is 16.6 Å². The molecule has 7 nitrogen and oxygen atoms in total. The van der Waals surface area contributed by atoms with Crippen molar-refractivity contribution in [1.29, 1.82) is 0 Å². The Morgan fingerprint density at radius 2 is 1.52 bits per heavy atom. The van der Waals surface area contributed by atoms with Crippen molar-refractivity contribution in [3.05, 3.63) is 45.7 Å². The molecule has 0 radical (unpaired) electrons. The second kappa shape index (κ2) is 6.90. The number of piperazine rings is 1. The Morgan fingerprint density at radius 1 is 0.931 bits per heavy atom. The Morgan fingerprint density at radius 3 is 2.10 bits per heavy atom. The third-order valence-corrected chi connectivity index (χ3v) is 7.27. The van der Waals surface area contributed by atoms with Gasteiger partial charge in [0.25, 0.3) is 0 Å². The van der Waals surface area contributed by atoms with Gasteiger partial charge in [0.05, 0.1) is 18.4 Å². The number of furan rings is 1. The van der Waals surface area contributed by atoms with E-state index >= 15 is 0 Å². The fourth-order valence-corrected chi connectivity index (χ4v) is 4.85. The predicted octanol–water partition coefficient (Wildman–Crippen LogP) is 2.33. The molecular weight excluding hydrogens is 392 g/mol. The smallest absolute Gasteiger partial charge is 0.237 e. The number of fused-ring (bicyclic) bond motifs is 3. The van der Waals surface area contributed by atoms with Crippen molar-refractivity contribution in [1.82, 2.24) is 9.21 Å². The number of sulfonamides is 1. The molecule has 2 aromatic rings. The van der Waals surface area contributed by atoms with E-state index in [-0.39, 0.29) is 0 Å². The van der Waals surface area contributed by atoms with Gasteiger partial charge in [-0.15, -0.1) is 0 Å². The van der Waals surface area contributed by atoms with E-state index in [4.69, 9.17) is 4.42 Å². The van der Waals surface area contributed by atoms with Crippen molar-refractivity contribution < 1.29 is 22.4 Å². The fraction of sp³-hybridized carbons (Fsp3) is 0.429. The van der Waals surface area contributed by atoms with Crippen molar-refractivity contribution in [2.75, 3.05) is 32.4 Å². The molecule has 1 aliphatic carbocycles. The van der Waals surface area contributed by atoms with E-state index in [1.54, 1.807) is 6.07 Å². The molecule has 0 unspecified atom stereocenters. The van der Waals surface area contributed by atoms with Gasteiger partial charge < -0.3 is 4.42 Å². The van der Waals surface area contributed by atoms with E-state index in [1.807, 2.05) is 26.8 Å². The summed E-state index contributed by atoms with van der Waals surface area (Å²) in [6.45, 7) is 8.18. The average Bonchev–Trinajstić information content (AvgIpc) is 2.98. The maximum absolute atomic E-state index is 12.8. The lowest BCUT2D eigenvalue weighted by atomic mass is 9.85. The number of hydrogen-bond acceptors (Lipinski definition) is 6. The van der Waals surface area contributed by atoms with Crippen molar-refractivity contribution in [2.45, 2.75) is 27.3 Å². The number of nitrogens with zero attached hydrogens (tertiary/aromatic N) is 2. The predicted molar refractivity (Wildman–Crippen MR) is 109 cm³/mol. The van der Waals surface area contributed by atoms with Gasteiger partial charge in [0.15, 0.2) is 0 Å². The van der Waals surface area contributed by atoms with Gasteiger partial charge in [-0.3, -0.25) is 14.5 Å². The second-order valence-corrected chi connectivity index (χ2v) is 9.92. The van der Waals surface area contributed by atoms with Crippen molar-refractivity contribution in [3.8, 4) is 11.3 Å². The Bertz CT molecular complexity index is 1140. The number of Topliss-reactive ketones (excluding diaryl/α,β-unsaturated/α-hetero) is 2. The van der Waals surface area contributed by atoms with Crippen LogP contribution in [-0.4, -0.2) is 61.6 Å². The van der Waals surface area contributed by atoms with Crippen molar-refractivity contribution >= 4 is 21.6 Å². The Balaban J connectivity index is 1.66. The lowest BCUT2D eigenvalue weighted by molar-refractivity contribution is 0.0814. The van der Waals surface area contributed by atoms with E-state index in [9.17, 15) is 18.0 Å². The molecule has 1 aromatic heterocycles. The molecular formula is C21H24N2O5S. The number of aryl methyl sites for hydroxylation is 2. The van der Waals surface area contributed by atoms with Crippen LogP contribution in [0, 0.1) is 20.8 Å². The van der Waals surface area contributed by atoms with Crippen molar-refractivity contribution in [2.24, 2.45) is 0 Å². The zero-order valence-corrected chi connectivity index (χ0v) is 17.9. The maximum Gasteiger partial charge on any atom is 0.237 e. The van der Waals surface area contributed by atoms with Crippen LogP contribution < -0.4 is 0 Å². The van der Waals surface area contributed by atoms with Gasteiger partial charge in [0, 0.05) is 42.9 Å². The number of benzene rings is 1. The molecule has 1 aromatic carbocycles. The zero-order valence-electron chi connectivity index (χ0n) is 17.0. The first-order valence-corrected chi connectivity index (χ1v) is 11.4. The molecule has 8 heteroatoms. The van der Waals surface area contributed by atoms with Gasteiger partial charge in [-0.2, -0.15) is 4.31 Å². The van der Waals surface area contributed by atoms with Crippen LogP contribution in [0.3, 0.4) is 0 Å². The number of carbonyl (C=O) groups is 2. The molecule has 0 amide bonds. The highest BCUT2D eigenvalue weighted by molar-refractivity contribution is 7.88. The highest BCUT2D eigenvalue weighted by atomic mass is 32.2. The summed E-state index contributed by atoms with van der Waals surface area (Å²) in [5.74, 6) is 0.1000. The second-order valence-electron chi connectivity index (χ2n) is 7.93. The molecule has 0 atom stereocenters. The summed E-state index contributed by atoms with van der Waals surface area (Å²) in [6, 6.07) is 3.67. The number of hydrogen-bond donors (Lipinski definition) is 0. The summed E-state index contributed by atoms with van der Waals surface area (Å²) in [5.41, 5.74) is 4.10. The minimum Gasteiger partial charge on any atom is -0.459 e. The average molecular weight is 416 g/mol. The lowest BCUT2D eigenvalue weighted by Gasteiger charge is -2.32. The van der Waals surface area contributed by atoms with Crippen LogP contribution >= 0.6 is 0 Å². The highest BCUT2D eigenvalue weighted by Crippen LogP contribution is 2.39. The first kappa shape index (κ1) is 20.0. The number of ketones is 2. The summed E-state index contributed by atoms with van der Waals surface area (Å²) >= 11 is 0. The van der Waals surface area contributed by atoms with E-state index in [1.165, 1.54) is 10.6 Å². The molecule has 0 bridgehead atoms. The molecule has 1 saturated heterocycles. The SMILES string of the molecule is Cc1cc2c(cc1C)-c1oc(CN3CCN(S(C)(=O)=O)CC3)c(C)c1C(=O)C2=O. The van der Waals surface area contributed by atoms with Gasteiger partial charge in [0.1, 0.15) is 11.5 Å². The summed E-state index contributed by atoms with van der Waals surface area (Å²) in [4.78, 5) is 27.5. The molecule has 2 aliphatic rings. The van der Waals surface area contributed by atoms with E-state index in [0.717, 1.165) is 11.1 Å². The molecule has 1 fully saturated rings. The Hall–Kier alpha value is -2.29. The normalized spacial score (nSPS) is 18.1. The third-order valence-electron chi connectivity index (χ3n) is 5.97. The minimum atomic E-state index is -3.19. The minimum absolute atomic E-state index is 0.357. The molecule has 0 spiro atoms. The van der Waals surface area contributed by atoms with Gasteiger partial charge in [-0.05, 0) is 44.0 Å². The van der Waals surface area contributed by atoms with Crippen LogP contribution in [0.1, 0.15) is 43.2 Å². The molecule has 1 aliphatic heterocycles. The third kappa shape index (κ3) is 3.35. The fourth-order valence-electron chi connectivity index (χ4n) is 4.02. The molecule has 4 rings (SSSR count). The zero-order chi connectivity index (χ0) is 21.1. The number of carbonyl (C=O) groups excluding carboxylic acids is 2. The first-order chi connectivity index (χ1) is 13.6. The lowest BCUT2D eigenvalue weighted by Crippen LogP contribution is -2.47. The van der Waals surface area contributed by atoms with Crippen LogP contribution in [0.2, 0.25) is 0 Å². The van der Waals surface area contributed by atoms with Gasteiger partial charge in [0.2, 0.25) is 21.6 Å². The molecule has 0 N–H and O–H groups in total. The van der Waals surface area contributed by atoms with Gasteiger partial charge in [-0.25, -0.2) is 8.42 Å². The standard InChI is InChI=1S/C21H24N2O5S/c1-12-9-15-16(10-13(12)2)21-18(20(25)19(15)24)14(3)17(28-21)11-22-5-7-23(8-6-22)29(4,26)27/h9-10H,5-8,11H2,1-4H3. The van der Waals surface area contributed by atoms with E-state index in [2.05, 4.69) is 4.90 Å². The summed E-state index contributed by atoms with van der Waals surface area (Å²) < 4.78 is 31.0. The van der Waals surface area contributed by atoms with Gasteiger partial charge in [-0.1, -0.05) is 0 Å².